The van der Waals surface area contributed by atoms with Gasteiger partial charge in [-0.3, -0.25) is 0 Å². The zero-order valence-electron chi connectivity index (χ0n) is 9.34. The van der Waals surface area contributed by atoms with Crippen molar-refractivity contribution in [2.24, 2.45) is 0 Å². The third-order valence-electron chi connectivity index (χ3n) is 2.15. The van der Waals surface area contributed by atoms with Gasteiger partial charge in [0.25, 0.3) is 0 Å². The van der Waals surface area contributed by atoms with Gasteiger partial charge in [-0.05, 0) is 18.2 Å². The molecule has 0 spiro atoms. The molecule has 7 heteroatoms. The molecule has 0 bridgehead atoms. The number of rotatable bonds is 3. The van der Waals surface area contributed by atoms with E-state index in [1.165, 1.54) is 6.20 Å². The van der Waals surface area contributed by atoms with E-state index in [9.17, 15) is 0 Å². The first-order chi connectivity index (χ1) is 8.60. The highest BCUT2D eigenvalue weighted by Gasteiger charge is 2.06. The molecule has 1 aromatic carbocycles. The molecule has 0 saturated carbocycles. The first-order valence-electron chi connectivity index (χ1n) is 5.02. The van der Waals surface area contributed by atoms with Crippen molar-refractivity contribution in [2.45, 2.75) is 0 Å². The normalized spacial score (nSPS) is 10.2. The van der Waals surface area contributed by atoms with Gasteiger partial charge >= 0.3 is 0 Å². The third kappa shape index (κ3) is 2.96. The number of anilines is 3. The summed E-state index contributed by atoms with van der Waals surface area (Å²) in [5, 5.41) is 7.25. The van der Waals surface area contributed by atoms with Crippen LogP contribution >= 0.6 is 34.8 Å². The topological polar surface area (TPSA) is 49.8 Å². The molecule has 0 aliphatic rings. The molecule has 0 saturated heterocycles. The molecule has 0 amide bonds. The Balaban J connectivity index is 2.30. The van der Waals surface area contributed by atoms with Crippen molar-refractivity contribution in [2.75, 3.05) is 17.7 Å². The standard InChI is InChI=1S/C11H9Cl3N4/c1-15-11-16-5-9(14)10(18-11)17-6-2-3-7(12)8(13)4-6/h2-5H,1H3,(H2,15,16,17,18). The fraction of sp³-hybridized carbons (Fsp3) is 0.0909. The fourth-order valence-electron chi connectivity index (χ4n) is 1.29. The largest absolute Gasteiger partial charge is 0.357 e. The van der Waals surface area contributed by atoms with E-state index in [0.717, 1.165) is 5.69 Å². The van der Waals surface area contributed by atoms with Crippen LogP contribution in [0.1, 0.15) is 0 Å². The molecule has 1 heterocycles. The van der Waals surface area contributed by atoms with Gasteiger partial charge in [-0.1, -0.05) is 34.8 Å². The molecule has 0 aliphatic carbocycles. The van der Waals surface area contributed by atoms with Gasteiger partial charge in [0.1, 0.15) is 5.02 Å². The molecule has 0 atom stereocenters. The summed E-state index contributed by atoms with van der Waals surface area (Å²) in [7, 11) is 1.73. The lowest BCUT2D eigenvalue weighted by molar-refractivity contribution is 1.15. The molecule has 94 valence electrons. The minimum Gasteiger partial charge on any atom is -0.357 e. The van der Waals surface area contributed by atoms with Crippen LogP contribution in [0.4, 0.5) is 17.5 Å². The van der Waals surface area contributed by atoms with Crippen molar-refractivity contribution >= 4 is 52.3 Å². The molecule has 2 aromatic rings. The van der Waals surface area contributed by atoms with E-state index in [1.807, 2.05) is 0 Å². The summed E-state index contributed by atoms with van der Waals surface area (Å²) in [5.74, 6) is 0.969. The molecule has 1 aromatic heterocycles. The summed E-state index contributed by atoms with van der Waals surface area (Å²) >= 11 is 17.8. The molecule has 0 radical (unpaired) electrons. The highest BCUT2D eigenvalue weighted by Crippen LogP contribution is 2.28. The smallest absolute Gasteiger partial charge is 0.224 e. The van der Waals surface area contributed by atoms with Gasteiger partial charge in [0.05, 0.1) is 16.2 Å². The van der Waals surface area contributed by atoms with Crippen molar-refractivity contribution in [3.05, 3.63) is 39.5 Å². The van der Waals surface area contributed by atoms with Gasteiger partial charge in [0.2, 0.25) is 5.95 Å². The summed E-state index contributed by atoms with van der Waals surface area (Å²) in [4.78, 5) is 8.19. The van der Waals surface area contributed by atoms with Gasteiger partial charge < -0.3 is 10.6 Å². The minimum absolute atomic E-state index is 0.417. The predicted octanol–water partition coefficient (Wildman–Crippen LogP) is 4.22. The Labute approximate surface area is 119 Å². The number of nitrogens with zero attached hydrogens (tertiary/aromatic N) is 2. The van der Waals surface area contributed by atoms with Gasteiger partial charge in [-0.2, -0.15) is 4.98 Å². The average molecular weight is 304 g/mol. The molecular weight excluding hydrogens is 295 g/mol. The zero-order valence-corrected chi connectivity index (χ0v) is 11.6. The minimum atomic E-state index is 0.417. The van der Waals surface area contributed by atoms with Crippen LogP contribution in [0.2, 0.25) is 15.1 Å². The lowest BCUT2D eigenvalue weighted by atomic mass is 10.3. The van der Waals surface area contributed by atoms with Gasteiger partial charge in [0, 0.05) is 12.7 Å². The van der Waals surface area contributed by atoms with Crippen LogP contribution in [0.15, 0.2) is 24.4 Å². The SMILES string of the molecule is CNc1ncc(Cl)c(Nc2ccc(Cl)c(Cl)c2)n1. The van der Waals surface area contributed by atoms with Crippen molar-refractivity contribution in [1.82, 2.24) is 9.97 Å². The predicted molar refractivity (Wildman–Crippen MR) is 76.3 cm³/mol. The van der Waals surface area contributed by atoms with E-state index < -0.39 is 0 Å². The van der Waals surface area contributed by atoms with Crippen molar-refractivity contribution < 1.29 is 0 Å². The van der Waals surface area contributed by atoms with Crippen molar-refractivity contribution in [3.8, 4) is 0 Å². The highest BCUT2D eigenvalue weighted by atomic mass is 35.5. The van der Waals surface area contributed by atoms with Gasteiger partial charge in [0.15, 0.2) is 5.82 Å². The molecule has 4 nitrogen and oxygen atoms in total. The second-order valence-electron chi connectivity index (χ2n) is 3.39. The van der Waals surface area contributed by atoms with E-state index in [4.69, 9.17) is 34.8 Å². The Hall–Kier alpha value is -1.23. The Morgan fingerprint density at radius 1 is 1.06 bits per heavy atom. The van der Waals surface area contributed by atoms with Crippen LogP contribution in [-0.4, -0.2) is 17.0 Å². The zero-order chi connectivity index (χ0) is 13.1. The van der Waals surface area contributed by atoms with Gasteiger partial charge in [-0.25, -0.2) is 4.98 Å². The quantitative estimate of drug-likeness (QED) is 0.891. The Morgan fingerprint density at radius 3 is 2.50 bits per heavy atom. The van der Waals surface area contributed by atoms with Crippen LogP contribution in [0.3, 0.4) is 0 Å². The van der Waals surface area contributed by atoms with Crippen LogP contribution in [-0.2, 0) is 0 Å². The second kappa shape index (κ2) is 5.61. The number of benzene rings is 1. The maximum absolute atomic E-state index is 6.00. The fourth-order valence-corrected chi connectivity index (χ4v) is 1.72. The third-order valence-corrected chi connectivity index (χ3v) is 3.17. The summed E-state index contributed by atoms with van der Waals surface area (Å²) in [6.45, 7) is 0. The molecule has 18 heavy (non-hydrogen) atoms. The highest BCUT2D eigenvalue weighted by molar-refractivity contribution is 6.42. The maximum Gasteiger partial charge on any atom is 0.224 e. The van der Waals surface area contributed by atoms with E-state index in [1.54, 1.807) is 25.2 Å². The lowest BCUT2D eigenvalue weighted by Crippen LogP contribution is -2.00. The van der Waals surface area contributed by atoms with E-state index in [2.05, 4.69) is 20.6 Å². The summed E-state index contributed by atoms with van der Waals surface area (Å²) in [6.07, 6.45) is 1.51. The second-order valence-corrected chi connectivity index (χ2v) is 4.62. The Kier molecular flexibility index (Phi) is 4.11. The number of hydrogen-bond acceptors (Lipinski definition) is 4. The first-order valence-corrected chi connectivity index (χ1v) is 6.16. The summed E-state index contributed by atoms with van der Waals surface area (Å²) < 4.78 is 0. The number of halogens is 3. The number of nitrogens with one attached hydrogen (secondary N) is 2. The summed E-state index contributed by atoms with van der Waals surface area (Å²) in [6, 6.07) is 5.17. The van der Waals surface area contributed by atoms with Crippen LogP contribution < -0.4 is 10.6 Å². The maximum atomic E-state index is 6.00. The van der Waals surface area contributed by atoms with Crippen molar-refractivity contribution in [3.63, 3.8) is 0 Å². The Bertz CT molecular complexity index is 574. The molecule has 0 fully saturated rings. The summed E-state index contributed by atoms with van der Waals surface area (Å²) in [5.41, 5.74) is 0.743. The molecule has 0 aliphatic heterocycles. The van der Waals surface area contributed by atoms with Crippen LogP contribution in [0, 0.1) is 0 Å². The Morgan fingerprint density at radius 2 is 1.83 bits per heavy atom. The molecule has 2 rings (SSSR count). The van der Waals surface area contributed by atoms with Gasteiger partial charge in [-0.15, -0.1) is 0 Å². The van der Waals surface area contributed by atoms with E-state index >= 15 is 0 Å². The average Bonchev–Trinajstić information content (AvgIpc) is 2.36. The van der Waals surface area contributed by atoms with Crippen LogP contribution in [0.5, 0.6) is 0 Å². The molecular formula is C11H9Cl3N4. The molecule has 2 N–H and O–H groups in total. The van der Waals surface area contributed by atoms with E-state index in [-0.39, 0.29) is 0 Å². The number of aromatic nitrogens is 2. The lowest BCUT2D eigenvalue weighted by Gasteiger charge is -2.09. The monoisotopic (exact) mass is 302 g/mol. The van der Waals surface area contributed by atoms with Crippen molar-refractivity contribution in [1.29, 1.82) is 0 Å². The molecule has 0 unspecified atom stereocenters. The first kappa shape index (κ1) is 13.2. The number of hydrogen-bond donors (Lipinski definition) is 2. The van der Waals surface area contributed by atoms with Crippen LogP contribution in [0.25, 0.3) is 0 Å². The van der Waals surface area contributed by atoms with E-state index in [0.29, 0.717) is 26.8 Å².